The van der Waals surface area contributed by atoms with E-state index in [-0.39, 0.29) is 5.41 Å². The molecule has 0 atom stereocenters. The van der Waals surface area contributed by atoms with E-state index in [9.17, 15) is 0 Å². The van der Waals surface area contributed by atoms with E-state index in [0.29, 0.717) is 0 Å². The van der Waals surface area contributed by atoms with Crippen LogP contribution in [0.3, 0.4) is 0 Å². The fourth-order valence-corrected chi connectivity index (χ4v) is 16.5. The van der Waals surface area contributed by atoms with Crippen LogP contribution in [-0.2, 0) is 5.41 Å². The van der Waals surface area contributed by atoms with Crippen molar-refractivity contribution in [2.24, 2.45) is 0 Å². The molecular formula is C99H72N4S. The maximum atomic E-state index is 2.43. The molecule has 4 nitrogen and oxygen atoms in total. The molecule has 0 aliphatic heterocycles. The number of rotatable bonds is 17. The maximum Gasteiger partial charge on any atom is 0.0476 e. The Hall–Kier alpha value is -13.1. The molecule has 0 unspecified atom stereocenters. The van der Waals surface area contributed by atoms with Crippen molar-refractivity contribution in [1.82, 2.24) is 0 Å². The summed E-state index contributed by atoms with van der Waals surface area (Å²) in [5, 5.41) is 2.53. The SMILES string of the molecule is CC1(C)c2cc(N(c3ccccc3)c3ccccc3)ccc2-c2ccc(N(c3ccc(-c4ccccc4)cc3)c3ccc(-c4cccc(-c5ccc(-c6ccc(-c7ccc(N(c8ccccc8)c8ccc9c(c8)sc8cc(N(c%10ccccc%10)c%10ccccc%10)ccc89)cc7)cc6)cc5)c4)cc3)cc21. The van der Waals surface area contributed by atoms with Gasteiger partial charge in [-0.25, -0.2) is 0 Å². The number of nitrogens with zero attached hydrogens (tertiary/aromatic N) is 4. The third kappa shape index (κ3) is 12.0. The third-order valence-corrected chi connectivity index (χ3v) is 21.8. The summed E-state index contributed by atoms with van der Waals surface area (Å²) in [6, 6.07) is 146. The van der Waals surface area contributed by atoms with Crippen LogP contribution in [0.5, 0.6) is 0 Å². The van der Waals surface area contributed by atoms with Gasteiger partial charge in [-0.1, -0.05) is 263 Å². The van der Waals surface area contributed by atoms with Crippen molar-refractivity contribution in [3.8, 4) is 66.8 Å². The van der Waals surface area contributed by atoms with Crippen LogP contribution in [0.1, 0.15) is 25.0 Å². The Morgan fingerprint density at radius 2 is 0.404 bits per heavy atom. The number of hydrogen-bond donors (Lipinski definition) is 0. The summed E-state index contributed by atoms with van der Waals surface area (Å²) in [4.78, 5) is 9.47. The lowest BCUT2D eigenvalue weighted by Crippen LogP contribution is -2.17. The van der Waals surface area contributed by atoms with Crippen LogP contribution in [0.25, 0.3) is 86.9 Å². The van der Waals surface area contributed by atoms with Crippen molar-refractivity contribution in [3.63, 3.8) is 0 Å². The van der Waals surface area contributed by atoms with Crippen molar-refractivity contribution in [2.75, 3.05) is 19.6 Å². The van der Waals surface area contributed by atoms with Crippen molar-refractivity contribution >= 4 is 99.8 Å². The fraction of sp³-hybridized carbons (Fsp3) is 0.0303. The molecule has 17 aromatic rings. The van der Waals surface area contributed by atoms with Crippen LogP contribution in [-0.4, -0.2) is 0 Å². The molecule has 0 fully saturated rings. The van der Waals surface area contributed by atoms with E-state index in [4.69, 9.17) is 0 Å². The smallest absolute Gasteiger partial charge is 0.0476 e. The summed E-state index contributed by atoms with van der Waals surface area (Å²) in [6.07, 6.45) is 0. The number of anilines is 12. The van der Waals surface area contributed by atoms with Crippen LogP contribution >= 0.6 is 11.3 Å². The van der Waals surface area contributed by atoms with Crippen molar-refractivity contribution in [1.29, 1.82) is 0 Å². The second-order valence-corrected chi connectivity index (χ2v) is 28.4. The molecule has 0 N–H and O–H groups in total. The molecule has 1 aliphatic carbocycles. The predicted molar refractivity (Wildman–Crippen MR) is 443 cm³/mol. The molecular weight excluding hydrogens is 1280 g/mol. The molecule has 0 bridgehead atoms. The van der Waals surface area contributed by atoms with Crippen LogP contribution < -0.4 is 19.6 Å². The highest BCUT2D eigenvalue weighted by Crippen LogP contribution is 2.53. The van der Waals surface area contributed by atoms with E-state index >= 15 is 0 Å². The molecule has 0 saturated heterocycles. The maximum absolute atomic E-state index is 2.43. The molecule has 0 spiro atoms. The van der Waals surface area contributed by atoms with E-state index in [2.05, 4.69) is 434 Å². The lowest BCUT2D eigenvalue weighted by molar-refractivity contribution is 0.660. The van der Waals surface area contributed by atoms with Gasteiger partial charge in [-0.05, 0) is 230 Å². The van der Waals surface area contributed by atoms with E-state index in [1.54, 1.807) is 0 Å². The molecule has 0 radical (unpaired) electrons. The van der Waals surface area contributed by atoms with Gasteiger partial charge in [-0.3, -0.25) is 0 Å². The first kappa shape index (κ1) is 63.1. The van der Waals surface area contributed by atoms with Gasteiger partial charge in [0.2, 0.25) is 0 Å². The molecule has 1 aromatic heterocycles. The first-order valence-corrected chi connectivity index (χ1v) is 36.5. The van der Waals surface area contributed by atoms with E-state index in [0.717, 1.165) is 73.8 Å². The third-order valence-electron chi connectivity index (χ3n) is 20.6. The van der Waals surface area contributed by atoms with Crippen LogP contribution in [0.15, 0.2) is 400 Å². The first-order chi connectivity index (χ1) is 51.3. The number of thiophene rings is 1. The van der Waals surface area contributed by atoms with Gasteiger partial charge in [0.25, 0.3) is 0 Å². The molecule has 1 heterocycles. The minimum atomic E-state index is -0.270. The molecule has 0 amide bonds. The first-order valence-electron chi connectivity index (χ1n) is 35.7. The molecule has 5 heteroatoms. The normalized spacial score (nSPS) is 12.0. The van der Waals surface area contributed by atoms with E-state index < -0.39 is 0 Å². The second kappa shape index (κ2) is 27.1. The number of para-hydroxylation sites is 5. The fourth-order valence-electron chi connectivity index (χ4n) is 15.3. The molecule has 16 aromatic carbocycles. The Labute approximate surface area is 612 Å². The van der Waals surface area contributed by atoms with Gasteiger partial charge in [0.05, 0.1) is 0 Å². The summed E-state index contributed by atoms with van der Waals surface area (Å²) >= 11 is 1.85. The molecule has 0 saturated carbocycles. The summed E-state index contributed by atoms with van der Waals surface area (Å²) in [5.74, 6) is 0. The quantitative estimate of drug-likeness (QED) is 0.0901. The zero-order valence-corrected chi connectivity index (χ0v) is 58.6. The van der Waals surface area contributed by atoms with Crippen molar-refractivity contribution < 1.29 is 0 Å². The van der Waals surface area contributed by atoms with Gasteiger partial charge in [0, 0.05) is 93.8 Å². The molecule has 1 aliphatic rings. The number of benzene rings is 16. The standard InChI is InChI=1S/C99H72N4S/c1-99(2)95-65-87(100(79-26-11-4-12-27-79)80-28-13-5-14-29-80)56-60-91(95)92-61-57-88(66-96(92)99)103(85-50-44-73(45-51-85)69-22-9-3-10-23-69)86-54-48-76(49-55-86)78-25-21-24-77(64-78)75-42-40-71(41-43-75)70-36-38-72(39-37-70)74-46-52-84(53-47-74)102(83-34-19-8-20-35-83)90-59-63-94-93-62-58-89(67-97(93)104-98(94)68-90)101(81-30-15-6-16-31-81)82-32-17-7-18-33-82/h3-68H,1-2H3. The zero-order valence-electron chi connectivity index (χ0n) is 57.8. The van der Waals surface area contributed by atoms with E-state index in [1.165, 1.54) is 92.5 Å². The highest BCUT2D eigenvalue weighted by Gasteiger charge is 2.37. The number of fused-ring (bicyclic) bond motifs is 6. The zero-order chi connectivity index (χ0) is 69.5. The largest absolute Gasteiger partial charge is 0.310 e. The van der Waals surface area contributed by atoms with Gasteiger partial charge in [-0.2, -0.15) is 0 Å². The summed E-state index contributed by atoms with van der Waals surface area (Å²) in [5.41, 5.74) is 30.1. The summed E-state index contributed by atoms with van der Waals surface area (Å²) in [6.45, 7) is 4.76. The van der Waals surface area contributed by atoms with Gasteiger partial charge in [0.15, 0.2) is 0 Å². The minimum absolute atomic E-state index is 0.270. The Balaban J connectivity index is 0.584. The van der Waals surface area contributed by atoms with Crippen LogP contribution in [0.2, 0.25) is 0 Å². The van der Waals surface area contributed by atoms with Crippen molar-refractivity contribution in [3.05, 3.63) is 412 Å². The Morgan fingerprint density at radius 1 is 0.183 bits per heavy atom. The molecule has 494 valence electrons. The van der Waals surface area contributed by atoms with Gasteiger partial charge >= 0.3 is 0 Å². The molecule has 18 rings (SSSR count). The van der Waals surface area contributed by atoms with Crippen LogP contribution in [0, 0.1) is 0 Å². The average molecular weight is 1350 g/mol. The minimum Gasteiger partial charge on any atom is -0.310 e. The Bertz CT molecular complexity index is 5810. The van der Waals surface area contributed by atoms with Gasteiger partial charge in [-0.15, -0.1) is 11.3 Å². The topological polar surface area (TPSA) is 13.0 Å². The number of hydrogen-bond acceptors (Lipinski definition) is 5. The Morgan fingerprint density at radius 3 is 0.712 bits per heavy atom. The lowest BCUT2D eigenvalue weighted by Gasteiger charge is -2.29. The monoisotopic (exact) mass is 1350 g/mol. The van der Waals surface area contributed by atoms with Crippen molar-refractivity contribution in [2.45, 2.75) is 19.3 Å². The summed E-state index contributed by atoms with van der Waals surface area (Å²) < 4.78 is 2.51. The second-order valence-electron chi connectivity index (χ2n) is 27.3. The summed E-state index contributed by atoms with van der Waals surface area (Å²) in [7, 11) is 0. The predicted octanol–water partition coefficient (Wildman–Crippen LogP) is 28.6. The Kier molecular flexibility index (Phi) is 16.5. The molecule has 104 heavy (non-hydrogen) atoms. The van der Waals surface area contributed by atoms with Crippen LogP contribution in [0.4, 0.5) is 68.2 Å². The average Bonchev–Trinajstić information content (AvgIpc) is 1.58. The van der Waals surface area contributed by atoms with E-state index in [1.807, 2.05) is 11.3 Å². The highest BCUT2D eigenvalue weighted by atomic mass is 32.1. The van der Waals surface area contributed by atoms with Gasteiger partial charge in [0.1, 0.15) is 0 Å². The highest BCUT2D eigenvalue weighted by molar-refractivity contribution is 7.25. The van der Waals surface area contributed by atoms with Gasteiger partial charge < -0.3 is 19.6 Å². The lowest BCUT2D eigenvalue weighted by atomic mass is 9.82.